The number of benzene rings is 2. The number of ether oxygens (including phenoxy) is 2. The molecule has 2 amide bonds. The van der Waals surface area contributed by atoms with Gasteiger partial charge in [-0.2, -0.15) is 0 Å². The summed E-state index contributed by atoms with van der Waals surface area (Å²) in [6, 6.07) is 12.9. The molecule has 1 fully saturated rings. The first kappa shape index (κ1) is 16.8. The fourth-order valence-electron chi connectivity index (χ4n) is 2.74. The van der Waals surface area contributed by atoms with E-state index in [0.29, 0.717) is 24.5 Å². The maximum absolute atomic E-state index is 12.2. The number of cyclic esters (lactones) is 1. The molecule has 0 aromatic heterocycles. The first-order chi connectivity index (χ1) is 12.0. The summed E-state index contributed by atoms with van der Waals surface area (Å²) in [5.74, 6) is 0.468. The van der Waals surface area contributed by atoms with Crippen molar-refractivity contribution < 1.29 is 19.1 Å². The van der Waals surface area contributed by atoms with Crippen molar-refractivity contribution in [2.24, 2.45) is 0 Å². The minimum absolute atomic E-state index is 0.0817. The summed E-state index contributed by atoms with van der Waals surface area (Å²) in [6.07, 6.45) is -0.373. The van der Waals surface area contributed by atoms with Crippen molar-refractivity contribution in [1.29, 1.82) is 0 Å². The zero-order chi connectivity index (χ0) is 17.8. The van der Waals surface area contributed by atoms with Crippen LogP contribution < -0.4 is 15.0 Å². The highest BCUT2D eigenvalue weighted by atomic mass is 16.6. The predicted molar refractivity (Wildman–Crippen MR) is 95.2 cm³/mol. The van der Waals surface area contributed by atoms with Crippen LogP contribution in [0.2, 0.25) is 0 Å². The van der Waals surface area contributed by atoms with Crippen LogP contribution >= 0.6 is 0 Å². The molecular weight excluding hydrogens is 320 g/mol. The summed E-state index contributed by atoms with van der Waals surface area (Å²) < 4.78 is 10.6. The molecular formula is C19H20N2O4. The molecule has 25 heavy (non-hydrogen) atoms. The van der Waals surface area contributed by atoms with Gasteiger partial charge in [-0.15, -0.1) is 0 Å². The number of nitrogens with zero attached hydrogens (tertiary/aromatic N) is 1. The number of para-hydroxylation sites is 1. The number of carbonyl (C=O) groups is 2. The van der Waals surface area contributed by atoms with Crippen LogP contribution in [0.4, 0.5) is 16.2 Å². The lowest BCUT2D eigenvalue weighted by molar-refractivity contribution is -0.118. The van der Waals surface area contributed by atoms with E-state index in [1.807, 2.05) is 32.0 Å². The van der Waals surface area contributed by atoms with Gasteiger partial charge in [0.2, 0.25) is 0 Å². The number of hydrogen-bond acceptors (Lipinski definition) is 4. The third-order valence-corrected chi connectivity index (χ3v) is 3.96. The Balaban J connectivity index is 1.62. The third-order valence-electron chi connectivity index (χ3n) is 3.96. The van der Waals surface area contributed by atoms with Crippen molar-refractivity contribution in [1.82, 2.24) is 0 Å². The van der Waals surface area contributed by atoms with Gasteiger partial charge in [0.25, 0.3) is 5.91 Å². The van der Waals surface area contributed by atoms with Crippen molar-refractivity contribution >= 4 is 23.4 Å². The number of amides is 2. The molecule has 0 radical (unpaired) electrons. The number of carbonyl (C=O) groups excluding carboxylic acids is 2. The molecule has 1 saturated heterocycles. The number of aryl methyl sites for hydroxylation is 2. The van der Waals surface area contributed by atoms with Gasteiger partial charge < -0.3 is 14.8 Å². The van der Waals surface area contributed by atoms with E-state index in [4.69, 9.17) is 9.47 Å². The Kier molecular flexibility index (Phi) is 4.88. The standard InChI is InChI=1S/C19H20N2O4/c1-13-5-3-6-14(2)18(13)25-12-17(22)20-15-7-4-8-16(11-15)21-9-10-24-19(21)23/h3-8,11H,9-10,12H2,1-2H3,(H,20,22). The average molecular weight is 340 g/mol. The Morgan fingerprint density at radius 1 is 1.20 bits per heavy atom. The second-order valence-corrected chi connectivity index (χ2v) is 5.87. The normalized spacial score (nSPS) is 13.5. The quantitative estimate of drug-likeness (QED) is 0.907. The first-order valence-corrected chi connectivity index (χ1v) is 8.08. The first-order valence-electron chi connectivity index (χ1n) is 8.08. The molecule has 0 saturated carbocycles. The van der Waals surface area contributed by atoms with E-state index in [0.717, 1.165) is 16.9 Å². The predicted octanol–water partition coefficient (Wildman–Crippen LogP) is 3.28. The molecule has 130 valence electrons. The van der Waals surface area contributed by atoms with Crippen LogP contribution in [0.25, 0.3) is 0 Å². The van der Waals surface area contributed by atoms with Crippen LogP contribution in [0.1, 0.15) is 11.1 Å². The van der Waals surface area contributed by atoms with Crippen LogP contribution in [0.15, 0.2) is 42.5 Å². The molecule has 1 N–H and O–H groups in total. The molecule has 1 aliphatic rings. The number of hydrogen-bond donors (Lipinski definition) is 1. The molecule has 6 heteroatoms. The second kappa shape index (κ2) is 7.25. The Labute approximate surface area is 146 Å². The van der Waals surface area contributed by atoms with E-state index in [1.165, 1.54) is 4.90 Å². The van der Waals surface area contributed by atoms with Crippen molar-refractivity contribution in [3.63, 3.8) is 0 Å². The molecule has 2 aromatic rings. The highest BCUT2D eigenvalue weighted by Gasteiger charge is 2.23. The van der Waals surface area contributed by atoms with Gasteiger partial charge in [-0.1, -0.05) is 24.3 Å². The van der Waals surface area contributed by atoms with Gasteiger partial charge in [0.1, 0.15) is 12.4 Å². The Morgan fingerprint density at radius 2 is 1.92 bits per heavy atom. The minimum Gasteiger partial charge on any atom is -0.483 e. The molecule has 0 atom stereocenters. The molecule has 0 bridgehead atoms. The SMILES string of the molecule is Cc1cccc(C)c1OCC(=O)Nc1cccc(N2CCOC2=O)c1. The molecule has 0 unspecified atom stereocenters. The van der Waals surface area contributed by atoms with Gasteiger partial charge in [0, 0.05) is 11.4 Å². The Hall–Kier alpha value is -3.02. The van der Waals surface area contributed by atoms with E-state index in [-0.39, 0.29) is 18.6 Å². The summed E-state index contributed by atoms with van der Waals surface area (Å²) in [7, 11) is 0. The van der Waals surface area contributed by atoms with Crippen molar-refractivity contribution in [2.45, 2.75) is 13.8 Å². The number of anilines is 2. The molecule has 1 heterocycles. The molecule has 3 rings (SSSR count). The van der Waals surface area contributed by atoms with E-state index < -0.39 is 0 Å². The molecule has 0 aliphatic carbocycles. The molecule has 1 aliphatic heterocycles. The molecule has 0 spiro atoms. The monoisotopic (exact) mass is 340 g/mol. The number of nitrogens with one attached hydrogen (secondary N) is 1. The van der Waals surface area contributed by atoms with Gasteiger partial charge in [0.05, 0.1) is 6.54 Å². The summed E-state index contributed by atoms with van der Waals surface area (Å²) >= 11 is 0. The van der Waals surface area contributed by atoms with E-state index in [9.17, 15) is 9.59 Å². The summed E-state index contributed by atoms with van der Waals surface area (Å²) in [5, 5.41) is 2.79. The van der Waals surface area contributed by atoms with Crippen LogP contribution in [-0.4, -0.2) is 31.8 Å². The molecule has 2 aromatic carbocycles. The summed E-state index contributed by atoms with van der Waals surface area (Å²) in [6.45, 7) is 4.68. The van der Waals surface area contributed by atoms with Gasteiger partial charge >= 0.3 is 6.09 Å². The zero-order valence-corrected chi connectivity index (χ0v) is 14.2. The third kappa shape index (κ3) is 3.91. The topological polar surface area (TPSA) is 67.9 Å². The van der Waals surface area contributed by atoms with Crippen molar-refractivity contribution in [2.75, 3.05) is 30.0 Å². The van der Waals surface area contributed by atoms with Crippen LogP contribution in [0.5, 0.6) is 5.75 Å². The van der Waals surface area contributed by atoms with Gasteiger partial charge in [-0.05, 0) is 43.2 Å². The Bertz CT molecular complexity index is 784. The maximum Gasteiger partial charge on any atom is 0.414 e. The highest BCUT2D eigenvalue weighted by Crippen LogP contribution is 2.24. The van der Waals surface area contributed by atoms with Gasteiger partial charge in [0.15, 0.2) is 6.61 Å². The lowest BCUT2D eigenvalue weighted by atomic mass is 10.1. The average Bonchev–Trinajstić information content (AvgIpc) is 3.01. The Morgan fingerprint density at radius 3 is 2.60 bits per heavy atom. The van der Waals surface area contributed by atoms with Crippen LogP contribution in [0, 0.1) is 13.8 Å². The van der Waals surface area contributed by atoms with Gasteiger partial charge in [-0.3, -0.25) is 9.69 Å². The largest absolute Gasteiger partial charge is 0.483 e. The van der Waals surface area contributed by atoms with Gasteiger partial charge in [-0.25, -0.2) is 4.79 Å². The zero-order valence-electron chi connectivity index (χ0n) is 14.2. The minimum atomic E-state index is -0.373. The lowest BCUT2D eigenvalue weighted by Gasteiger charge is -2.15. The van der Waals surface area contributed by atoms with E-state index in [1.54, 1.807) is 24.3 Å². The maximum atomic E-state index is 12.2. The van der Waals surface area contributed by atoms with Crippen molar-refractivity contribution in [3.05, 3.63) is 53.6 Å². The number of rotatable bonds is 5. The van der Waals surface area contributed by atoms with Crippen LogP contribution in [0.3, 0.4) is 0 Å². The fourth-order valence-corrected chi connectivity index (χ4v) is 2.74. The second-order valence-electron chi connectivity index (χ2n) is 5.87. The lowest BCUT2D eigenvalue weighted by Crippen LogP contribution is -2.24. The summed E-state index contributed by atoms with van der Waals surface area (Å²) in [4.78, 5) is 25.3. The smallest absolute Gasteiger partial charge is 0.414 e. The van der Waals surface area contributed by atoms with E-state index in [2.05, 4.69) is 5.32 Å². The molecule has 6 nitrogen and oxygen atoms in total. The van der Waals surface area contributed by atoms with Crippen LogP contribution in [-0.2, 0) is 9.53 Å². The highest BCUT2D eigenvalue weighted by molar-refractivity contribution is 5.94. The van der Waals surface area contributed by atoms with Crippen molar-refractivity contribution in [3.8, 4) is 5.75 Å². The summed E-state index contributed by atoms with van der Waals surface area (Å²) in [5.41, 5.74) is 3.27. The fraction of sp³-hybridized carbons (Fsp3) is 0.263. The van der Waals surface area contributed by atoms with E-state index >= 15 is 0 Å².